The molecule has 0 bridgehead atoms. The summed E-state index contributed by atoms with van der Waals surface area (Å²) in [7, 11) is 0. The summed E-state index contributed by atoms with van der Waals surface area (Å²) in [5.74, 6) is -0.785. The molecule has 0 saturated carbocycles. The van der Waals surface area contributed by atoms with E-state index in [0.29, 0.717) is 12.1 Å². The van der Waals surface area contributed by atoms with Crippen LogP contribution in [0.1, 0.15) is 33.9 Å². The molecule has 5 nitrogen and oxygen atoms in total. The molecule has 0 radical (unpaired) electrons. The Bertz CT molecular complexity index is 1370. The maximum atomic E-state index is 12.8. The molecule has 37 heavy (non-hydrogen) atoms. The standard InChI is InChI=1S/C32H31N3O2/c36-31-28-17-16-24-10-7-8-15-27(24)30(28)35(32(31)37)19-9-18-33-20-22-34(23-21-33)29(25-11-3-1-4-12-25)26-13-5-2-6-14-26/h1-8,10-17,29H,9,18-23H2. The van der Waals surface area contributed by atoms with Gasteiger partial charge in [0.05, 0.1) is 17.3 Å². The largest absolute Gasteiger partial charge is 0.304 e. The lowest BCUT2D eigenvalue weighted by atomic mass is 9.96. The van der Waals surface area contributed by atoms with Crippen LogP contribution in [0.3, 0.4) is 0 Å². The molecule has 0 aromatic heterocycles. The molecule has 2 heterocycles. The summed E-state index contributed by atoms with van der Waals surface area (Å²) >= 11 is 0. The van der Waals surface area contributed by atoms with Crippen LogP contribution in [0.25, 0.3) is 10.8 Å². The van der Waals surface area contributed by atoms with E-state index in [1.807, 2.05) is 30.3 Å². The monoisotopic (exact) mass is 489 g/mol. The number of rotatable bonds is 7. The Kier molecular flexibility index (Phi) is 6.56. The van der Waals surface area contributed by atoms with Gasteiger partial charge >= 0.3 is 0 Å². The van der Waals surface area contributed by atoms with Crippen LogP contribution in [0, 0.1) is 0 Å². The number of carbonyl (C=O) groups is 2. The SMILES string of the molecule is O=C1C(=O)N(CCCN2CCN(C(c3ccccc3)c3ccccc3)CC2)c2c1ccc1ccccc21. The van der Waals surface area contributed by atoms with Gasteiger partial charge in [-0.1, -0.05) is 91.0 Å². The lowest BCUT2D eigenvalue weighted by molar-refractivity contribution is -0.114. The van der Waals surface area contributed by atoms with Crippen molar-refractivity contribution in [2.45, 2.75) is 12.5 Å². The van der Waals surface area contributed by atoms with E-state index in [-0.39, 0.29) is 11.8 Å². The maximum absolute atomic E-state index is 12.8. The fourth-order valence-electron chi connectivity index (χ4n) is 5.86. The van der Waals surface area contributed by atoms with Gasteiger partial charge in [0.25, 0.3) is 11.7 Å². The van der Waals surface area contributed by atoms with Crippen LogP contribution in [0.4, 0.5) is 5.69 Å². The van der Waals surface area contributed by atoms with Crippen LogP contribution >= 0.6 is 0 Å². The highest BCUT2D eigenvalue weighted by Gasteiger charge is 2.36. The number of amides is 1. The number of fused-ring (bicyclic) bond motifs is 3. The van der Waals surface area contributed by atoms with Crippen molar-refractivity contribution in [1.29, 1.82) is 0 Å². The zero-order valence-electron chi connectivity index (χ0n) is 20.9. The molecule has 2 aliphatic heterocycles. The van der Waals surface area contributed by atoms with Gasteiger partial charge in [0.15, 0.2) is 0 Å². The highest BCUT2D eigenvalue weighted by Crippen LogP contribution is 2.36. The van der Waals surface area contributed by atoms with Gasteiger partial charge in [0.2, 0.25) is 0 Å². The normalized spacial score (nSPS) is 16.6. The molecule has 1 saturated heterocycles. The molecular formula is C32H31N3O2. The Morgan fingerprint density at radius 3 is 1.95 bits per heavy atom. The van der Waals surface area contributed by atoms with Gasteiger partial charge < -0.3 is 9.80 Å². The minimum absolute atomic E-state index is 0.252. The highest BCUT2D eigenvalue weighted by molar-refractivity contribution is 6.53. The molecule has 0 unspecified atom stereocenters. The minimum Gasteiger partial charge on any atom is -0.304 e. The summed E-state index contributed by atoms with van der Waals surface area (Å²) in [6.07, 6.45) is 0.836. The van der Waals surface area contributed by atoms with E-state index < -0.39 is 5.91 Å². The summed E-state index contributed by atoms with van der Waals surface area (Å²) in [6.45, 7) is 5.42. The van der Waals surface area contributed by atoms with Crippen molar-refractivity contribution in [2.24, 2.45) is 0 Å². The Hall–Kier alpha value is -3.80. The maximum Gasteiger partial charge on any atom is 0.299 e. The second-order valence-electron chi connectivity index (χ2n) is 9.92. The Labute approximate surface area is 217 Å². The Balaban J connectivity index is 1.10. The molecule has 4 aromatic rings. The van der Waals surface area contributed by atoms with Crippen molar-refractivity contribution in [3.8, 4) is 0 Å². The molecule has 0 aliphatic carbocycles. The number of ketones is 1. The summed E-state index contributed by atoms with van der Waals surface area (Å²) in [6, 6.07) is 33.5. The van der Waals surface area contributed by atoms with Crippen molar-refractivity contribution < 1.29 is 9.59 Å². The number of nitrogens with zero attached hydrogens (tertiary/aromatic N) is 3. The highest BCUT2D eigenvalue weighted by atomic mass is 16.2. The third-order valence-electron chi connectivity index (χ3n) is 7.71. The van der Waals surface area contributed by atoms with E-state index in [1.165, 1.54) is 11.1 Å². The van der Waals surface area contributed by atoms with Crippen molar-refractivity contribution >= 4 is 28.2 Å². The van der Waals surface area contributed by atoms with Crippen molar-refractivity contribution in [3.63, 3.8) is 0 Å². The van der Waals surface area contributed by atoms with Gasteiger partial charge in [-0.25, -0.2) is 0 Å². The van der Waals surface area contributed by atoms with Crippen LogP contribution in [-0.4, -0.2) is 60.8 Å². The Morgan fingerprint density at radius 2 is 1.27 bits per heavy atom. The van der Waals surface area contributed by atoms with Crippen LogP contribution < -0.4 is 4.90 Å². The second-order valence-corrected chi connectivity index (χ2v) is 9.92. The predicted octanol–water partition coefficient (Wildman–Crippen LogP) is 5.17. The third-order valence-corrected chi connectivity index (χ3v) is 7.71. The topological polar surface area (TPSA) is 43.9 Å². The molecule has 1 fully saturated rings. The van der Waals surface area contributed by atoms with Gasteiger partial charge in [-0.2, -0.15) is 0 Å². The number of hydrogen-bond donors (Lipinski definition) is 0. The van der Waals surface area contributed by atoms with Gasteiger partial charge in [0.1, 0.15) is 0 Å². The van der Waals surface area contributed by atoms with Crippen molar-refractivity contribution in [2.75, 3.05) is 44.2 Å². The summed E-state index contributed by atoms with van der Waals surface area (Å²) in [4.78, 5) is 32.2. The number of benzene rings is 4. The molecule has 0 atom stereocenters. The number of anilines is 1. The quantitative estimate of drug-likeness (QED) is 0.336. The van der Waals surface area contributed by atoms with Crippen molar-refractivity contribution in [3.05, 3.63) is 114 Å². The smallest absolute Gasteiger partial charge is 0.299 e. The first-order valence-electron chi connectivity index (χ1n) is 13.1. The molecular weight excluding hydrogens is 458 g/mol. The van der Waals surface area contributed by atoms with E-state index >= 15 is 0 Å². The number of carbonyl (C=O) groups excluding carboxylic acids is 2. The van der Waals surface area contributed by atoms with Crippen molar-refractivity contribution in [1.82, 2.24) is 9.80 Å². The summed E-state index contributed by atoms with van der Waals surface area (Å²) < 4.78 is 0. The Morgan fingerprint density at radius 1 is 0.649 bits per heavy atom. The molecule has 0 spiro atoms. The molecule has 186 valence electrons. The lowest BCUT2D eigenvalue weighted by Crippen LogP contribution is -2.48. The average Bonchev–Trinajstić information content (AvgIpc) is 3.20. The van der Waals surface area contributed by atoms with E-state index in [1.54, 1.807) is 11.0 Å². The molecule has 0 N–H and O–H groups in total. The number of piperazine rings is 1. The molecule has 2 aliphatic rings. The van der Waals surface area contributed by atoms with Crippen LogP contribution in [0.15, 0.2) is 97.1 Å². The number of Topliss-reactive ketones (excluding diaryl/α,β-unsaturated/α-hetero) is 1. The van der Waals surface area contributed by atoms with E-state index in [9.17, 15) is 9.59 Å². The number of hydrogen-bond acceptors (Lipinski definition) is 4. The third kappa shape index (κ3) is 4.57. The van der Waals surface area contributed by atoms with Gasteiger partial charge in [-0.05, 0) is 35.5 Å². The zero-order valence-corrected chi connectivity index (χ0v) is 20.9. The first-order chi connectivity index (χ1) is 18.2. The van der Waals surface area contributed by atoms with Gasteiger partial charge in [-0.3, -0.25) is 14.5 Å². The minimum atomic E-state index is -0.398. The second kappa shape index (κ2) is 10.3. The summed E-state index contributed by atoms with van der Waals surface area (Å²) in [5, 5.41) is 2.02. The van der Waals surface area contributed by atoms with Gasteiger partial charge in [0, 0.05) is 38.1 Å². The first-order valence-corrected chi connectivity index (χ1v) is 13.1. The van der Waals surface area contributed by atoms with Crippen LogP contribution in [0.5, 0.6) is 0 Å². The predicted molar refractivity (Wildman–Crippen MR) is 148 cm³/mol. The van der Waals surface area contributed by atoms with E-state index in [4.69, 9.17) is 0 Å². The first kappa shape index (κ1) is 23.6. The van der Waals surface area contributed by atoms with Crippen LogP contribution in [0.2, 0.25) is 0 Å². The molecule has 4 aromatic carbocycles. The molecule has 6 rings (SSSR count). The zero-order chi connectivity index (χ0) is 25.2. The molecule has 1 amide bonds. The fraction of sp³-hybridized carbons (Fsp3) is 0.250. The van der Waals surface area contributed by atoms with Gasteiger partial charge in [-0.15, -0.1) is 0 Å². The lowest BCUT2D eigenvalue weighted by Gasteiger charge is -2.40. The van der Waals surface area contributed by atoms with Crippen LogP contribution in [-0.2, 0) is 4.79 Å². The summed E-state index contributed by atoms with van der Waals surface area (Å²) in [5.41, 5.74) is 3.96. The molecule has 5 heteroatoms. The van der Waals surface area contributed by atoms with E-state index in [2.05, 4.69) is 70.5 Å². The fourth-order valence-corrected chi connectivity index (χ4v) is 5.86. The average molecular weight is 490 g/mol. The van der Waals surface area contributed by atoms with E-state index in [0.717, 1.165) is 55.6 Å².